The zero-order valence-corrected chi connectivity index (χ0v) is 15.6. The summed E-state index contributed by atoms with van der Waals surface area (Å²) in [6.07, 6.45) is 3.00. The molecule has 2 aromatic carbocycles. The molecule has 0 spiro atoms. The highest BCUT2D eigenvalue weighted by Gasteiger charge is 2.24. The first-order chi connectivity index (χ1) is 14.2. The highest BCUT2D eigenvalue weighted by Crippen LogP contribution is 2.36. The normalized spacial score (nSPS) is 10.7. The van der Waals surface area contributed by atoms with Gasteiger partial charge in [0.15, 0.2) is 0 Å². The number of nitrogens with zero attached hydrogens (tertiary/aromatic N) is 1. The molecule has 0 bridgehead atoms. The lowest BCUT2D eigenvalue weighted by Crippen LogP contribution is -2.09. The minimum absolute atomic E-state index is 0.232. The van der Waals surface area contributed by atoms with Crippen molar-refractivity contribution in [3.63, 3.8) is 0 Å². The van der Waals surface area contributed by atoms with E-state index in [1.165, 1.54) is 6.20 Å². The van der Waals surface area contributed by atoms with Crippen molar-refractivity contribution in [2.24, 2.45) is 0 Å². The number of hydrogen-bond donors (Lipinski definition) is 0. The molecule has 0 aliphatic heterocycles. The lowest BCUT2D eigenvalue weighted by molar-refractivity contribution is 0.0528. The summed E-state index contributed by atoms with van der Waals surface area (Å²) in [7, 11) is 0. The van der Waals surface area contributed by atoms with E-state index in [1.54, 1.807) is 43.5 Å². The first kappa shape index (κ1) is 18.4. The number of carbonyl (C=O) groups excluding carboxylic acids is 2. The van der Waals surface area contributed by atoms with Crippen LogP contribution in [0.1, 0.15) is 27.6 Å². The Hall–Kier alpha value is -3.93. The van der Waals surface area contributed by atoms with Gasteiger partial charge in [-0.25, -0.2) is 9.59 Å². The van der Waals surface area contributed by atoms with Crippen molar-refractivity contribution < 1.29 is 23.5 Å². The van der Waals surface area contributed by atoms with Gasteiger partial charge in [0, 0.05) is 23.3 Å². The van der Waals surface area contributed by atoms with Gasteiger partial charge in [-0.1, -0.05) is 30.3 Å². The average molecular weight is 387 g/mol. The fourth-order valence-corrected chi connectivity index (χ4v) is 2.99. The first-order valence-corrected chi connectivity index (χ1v) is 9.08. The molecule has 0 saturated heterocycles. The third-order valence-corrected chi connectivity index (χ3v) is 4.28. The maximum absolute atomic E-state index is 12.7. The van der Waals surface area contributed by atoms with Gasteiger partial charge in [-0.15, -0.1) is 0 Å². The number of pyridine rings is 1. The summed E-state index contributed by atoms with van der Waals surface area (Å²) in [5, 5.41) is 0.513. The van der Waals surface area contributed by atoms with Crippen LogP contribution in [-0.4, -0.2) is 23.5 Å². The van der Waals surface area contributed by atoms with Crippen LogP contribution >= 0.6 is 0 Å². The molecule has 4 aromatic rings. The number of hydrogen-bond acceptors (Lipinski definition) is 6. The molecule has 2 heterocycles. The lowest BCUT2D eigenvalue weighted by atomic mass is 10.1. The van der Waals surface area contributed by atoms with E-state index in [0.29, 0.717) is 27.9 Å². The van der Waals surface area contributed by atoms with Crippen LogP contribution in [-0.2, 0) is 4.74 Å². The van der Waals surface area contributed by atoms with Crippen LogP contribution in [0.15, 0.2) is 77.5 Å². The summed E-state index contributed by atoms with van der Waals surface area (Å²) in [6.45, 7) is 1.97. The van der Waals surface area contributed by atoms with Crippen LogP contribution in [0.25, 0.3) is 22.3 Å². The largest absolute Gasteiger partial charge is 0.462 e. The van der Waals surface area contributed by atoms with Gasteiger partial charge in [0.2, 0.25) is 0 Å². The second-order valence-electron chi connectivity index (χ2n) is 6.18. The number of ether oxygens (including phenoxy) is 2. The smallest absolute Gasteiger partial charge is 0.345 e. The lowest BCUT2D eigenvalue weighted by Gasteiger charge is -2.05. The van der Waals surface area contributed by atoms with Crippen molar-refractivity contribution in [1.29, 1.82) is 0 Å². The fourth-order valence-electron chi connectivity index (χ4n) is 2.99. The van der Waals surface area contributed by atoms with Gasteiger partial charge in [0.25, 0.3) is 0 Å². The molecule has 0 amide bonds. The molecule has 29 heavy (non-hydrogen) atoms. The Kier molecular flexibility index (Phi) is 5.07. The highest BCUT2D eigenvalue weighted by atomic mass is 16.5. The molecule has 6 nitrogen and oxygen atoms in total. The number of fused-ring (bicyclic) bond motifs is 1. The number of esters is 2. The monoisotopic (exact) mass is 387 g/mol. The molecule has 0 aliphatic carbocycles. The van der Waals surface area contributed by atoms with Crippen LogP contribution in [0.5, 0.6) is 5.75 Å². The number of carbonyl (C=O) groups is 2. The van der Waals surface area contributed by atoms with Crippen molar-refractivity contribution in [2.45, 2.75) is 6.92 Å². The van der Waals surface area contributed by atoms with Crippen LogP contribution < -0.4 is 4.74 Å². The molecule has 2 aromatic heterocycles. The molecule has 0 fully saturated rings. The Morgan fingerprint density at radius 1 is 1.00 bits per heavy atom. The Bertz CT molecular complexity index is 1170. The van der Waals surface area contributed by atoms with E-state index < -0.39 is 11.9 Å². The Morgan fingerprint density at radius 3 is 2.55 bits per heavy atom. The van der Waals surface area contributed by atoms with Gasteiger partial charge in [0.1, 0.15) is 22.7 Å². The Morgan fingerprint density at radius 2 is 1.83 bits per heavy atom. The van der Waals surface area contributed by atoms with Crippen molar-refractivity contribution >= 4 is 22.9 Å². The summed E-state index contributed by atoms with van der Waals surface area (Å²) in [5.74, 6) is -0.338. The number of rotatable bonds is 5. The standard InChI is InChI=1S/C23H17NO5/c1-2-27-23(26)20-18-13-17(28-22(25)16-9-6-12-24-14-16)10-11-19(18)29-21(20)15-7-4-3-5-8-15/h3-14H,2H2,1H3. The molecule has 4 rings (SSSR count). The zero-order valence-electron chi connectivity index (χ0n) is 15.6. The maximum atomic E-state index is 12.7. The van der Waals surface area contributed by atoms with E-state index in [4.69, 9.17) is 13.9 Å². The van der Waals surface area contributed by atoms with Crippen molar-refractivity contribution in [3.8, 4) is 17.1 Å². The summed E-state index contributed by atoms with van der Waals surface area (Å²) in [4.78, 5) is 28.9. The SMILES string of the molecule is CCOC(=O)c1c(-c2ccccc2)oc2ccc(OC(=O)c3cccnc3)cc12. The second-order valence-corrected chi connectivity index (χ2v) is 6.18. The van der Waals surface area contributed by atoms with Gasteiger partial charge >= 0.3 is 11.9 Å². The minimum atomic E-state index is -0.540. The summed E-state index contributed by atoms with van der Waals surface area (Å²) < 4.78 is 16.6. The van der Waals surface area contributed by atoms with E-state index in [2.05, 4.69) is 4.98 Å². The van der Waals surface area contributed by atoms with E-state index in [9.17, 15) is 9.59 Å². The summed E-state index contributed by atoms with van der Waals surface area (Å²) in [5.41, 5.74) is 1.87. The molecule has 0 aliphatic rings. The number of benzene rings is 2. The predicted octanol–water partition coefficient (Wildman–Crippen LogP) is 4.89. The number of furan rings is 1. The summed E-state index contributed by atoms with van der Waals surface area (Å²) >= 11 is 0. The quantitative estimate of drug-likeness (QED) is 0.358. The molecule has 0 unspecified atom stereocenters. The Labute approximate surface area is 166 Å². The van der Waals surface area contributed by atoms with Crippen LogP contribution in [0.4, 0.5) is 0 Å². The number of aromatic nitrogens is 1. The highest BCUT2D eigenvalue weighted by molar-refractivity contribution is 6.09. The minimum Gasteiger partial charge on any atom is -0.462 e. The summed E-state index contributed by atoms with van der Waals surface area (Å²) in [6, 6.07) is 17.5. The van der Waals surface area contributed by atoms with Crippen LogP contribution in [0.3, 0.4) is 0 Å². The van der Waals surface area contributed by atoms with Gasteiger partial charge in [-0.2, -0.15) is 0 Å². The van der Waals surface area contributed by atoms with E-state index in [1.807, 2.05) is 30.3 Å². The first-order valence-electron chi connectivity index (χ1n) is 9.08. The third kappa shape index (κ3) is 3.73. The van der Waals surface area contributed by atoms with Crippen molar-refractivity contribution in [1.82, 2.24) is 4.98 Å². The van der Waals surface area contributed by atoms with Crippen molar-refractivity contribution in [3.05, 3.63) is 84.2 Å². The predicted molar refractivity (Wildman–Crippen MR) is 107 cm³/mol. The molecule has 144 valence electrons. The van der Waals surface area contributed by atoms with E-state index >= 15 is 0 Å². The molecular weight excluding hydrogens is 370 g/mol. The Balaban J connectivity index is 1.78. The van der Waals surface area contributed by atoms with Gasteiger partial charge in [-0.05, 0) is 37.3 Å². The van der Waals surface area contributed by atoms with Crippen LogP contribution in [0, 0.1) is 0 Å². The van der Waals surface area contributed by atoms with E-state index in [0.717, 1.165) is 5.56 Å². The van der Waals surface area contributed by atoms with Crippen molar-refractivity contribution in [2.75, 3.05) is 6.61 Å². The van der Waals surface area contributed by atoms with E-state index in [-0.39, 0.29) is 12.4 Å². The third-order valence-electron chi connectivity index (χ3n) is 4.28. The molecular formula is C23H17NO5. The zero-order chi connectivity index (χ0) is 20.2. The molecule has 0 saturated carbocycles. The van der Waals surface area contributed by atoms with Gasteiger partial charge in [-0.3, -0.25) is 4.98 Å². The van der Waals surface area contributed by atoms with Gasteiger partial charge < -0.3 is 13.9 Å². The maximum Gasteiger partial charge on any atom is 0.345 e. The van der Waals surface area contributed by atoms with Gasteiger partial charge in [0.05, 0.1) is 12.2 Å². The second kappa shape index (κ2) is 7.98. The molecule has 0 N–H and O–H groups in total. The average Bonchev–Trinajstić information content (AvgIpc) is 3.14. The topological polar surface area (TPSA) is 78.6 Å². The molecule has 6 heteroatoms. The molecule has 0 atom stereocenters. The van der Waals surface area contributed by atoms with Crippen LogP contribution in [0.2, 0.25) is 0 Å². The molecule has 0 radical (unpaired) electrons. The fraction of sp³-hybridized carbons (Fsp3) is 0.0870.